The number of amides is 1. The molecule has 0 aliphatic carbocycles. The Kier molecular flexibility index (Phi) is 5.00. The predicted octanol–water partition coefficient (Wildman–Crippen LogP) is 1.64. The molecule has 0 atom stereocenters. The van der Waals surface area contributed by atoms with Crippen LogP contribution in [0, 0.1) is 0 Å². The van der Waals surface area contributed by atoms with Crippen molar-refractivity contribution < 1.29 is 15.1 Å². The molecule has 1 aromatic rings. The SMILES string of the molecule is CC(C)N(CC(N)=NO)C(=O)c1cc(Cl)ccc1O. The fraction of sp³-hybridized carbons (Fsp3) is 0.333. The van der Waals surface area contributed by atoms with Gasteiger partial charge in [-0.05, 0) is 32.0 Å². The Balaban J connectivity index is 3.09. The highest BCUT2D eigenvalue weighted by atomic mass is 35.5. The van der Waals surface area contributed by atoms with Gasteiger partial charge in [-0.25, -0.2) is 0 Å². The second-order valence-corrected chi connectivity index (χ2v) is 4.72. The van der Waals surface area contributed by atoms with E-state index in [9.17, 15) is 9.90 Å². The van der Waals surface area contributed by atoms with E-state index in [4.69, 9.17) is 22.5 Å². The summed E-state index contributed by atoms with van der Waals surface area (Å²) in [4.78, 5) is 13.7. The molecule has 6 nitrogen and oxygen atoms in total. The summed E-state index contributed by atoms with van der Waals surface area (Å²) < 4.78 is 0. The molecule has 0 fully saturated rings. The van der Waals surface area contributed by atoms with Crippen molar-refractivity contribution in [1.29, 1.82) is 0 Å². The van der Waals surface area contributed by atoms with Gasteiger partial charge in [0.05, 0.1) is 12.1 Å². The molecular formula is C12H16ClN3O3. The number of phenols is 1. The number of phenolic OH excluding ortho intramolecular Hbond substituents is 1. The summed E-state index contributed by atoms with van der Waals surface area (Å²) in [5.41, 5.74) is 5.49. The van der Waals surface area contributed by atoms with Crippen molar-refractivity contribution in [2.45, 2.75) is 19.9 Å². The van der Waals surface area contributed by atoms with Gasteiger partial charge in [0.15, 0.2) is 5.84 Å². The molecule has 4 N–H and O–H groups in total. The molecule has 19 heavy (non-hydrogen) atoms. The minimum atomic E-state index is -0.443. The summed E-state index contributed by atoms with van der Waals surface area (Å²) >= 11 is 5.81. The van der Waals surface area contributed by atoms with Crippen LogP contribution in [0.15, 0.2) is 23.4 Å². The summed E-state index contributed by atoms with van der Waals surface area (Å²) in [6, 6.07) is 4.02. The Morgan fingerprint density at radius 2 is 2.16 bits per heavy atom. The first kappa shape index (κ1) is 15.1. The number of hydrogen-bond acceptors (Lipinski definition) is 4. The molecule has 0 radical (unpaired) electrons. The normalized spacial score (nSPS) is 11.7. The number of nitrogens with two attached hydrogens (primary N) is 1. The predicted molar refractivity (Wildman–Crippen MR) is 72.7 cm³/mol. The number of aromatic hydroxyl groups is 1. The van der Waals surface area contributed by atoms with Gasteiger partial charge in [0.2, 0.25) is 0 Å². The molecule has 1 rings (SSSR count). The minimum Gasteiger partial charge on any atom is -0.507 e. The lowest BCUT2D eigenvalue weighted by molar-refractivity contribution is 0.0731. The number of hydrogen-bond donors (Lipinski definition) is 3. The van der Waals surface area contributed by atoms with Crippen molar-refractivity contribution in [1.82, 2.24) is 4.90 Å². The third-order valence-electron chi connectivity index (χ3n) is 2.53. The van der Waals surface area contributed by atoms with E-state index < -0.39 is 5.91 Å². The summed E-state index contributed by atoms with van der Waals surface area (Å²) in [6.07, 6.45) is 0. The lowest BCUT2D eigenvalue weighted by atomic mass is 10.1. The van der Waals surface area contributed by atoms with Gasteiger partial charge in [0.25, 0.3) is 5.91 Å². The fourth-order valence-electron chi connectivity index (χ4n) is 1.53. The number of amidine groups is 1. The van der Waals surface area contributed by atoms with Gasteiger partial charge in [-0.1, -0.05) is 16.8 Å². The maximum atomic E-state index is 12.3. The van der Waals surface area contributed by atoms with Crippen LogP contribution in [0.5, 0.6) is 5.75 Å². The number of oxime groups is 1. The van der Waals surface area contributed by atoms with Crippen molar-refractivity contribution >= 4 is 23.3 Å². The zero-order valence-corrected chi connectivity index (χ0v) is 11.4. The fourth-order valence-corrected chi connectivity index (χ4v) is 1.70. The summed E-state index contributed by atoms with van der Waals surface area (Å²) in [5.74, 6) is -0.704. The van der Waals surface area contributed by atoms with Crippen LogP contribution in [0.25, 0.3) is 0 Å². The van der Waals surface area contributed by atoms with Crippen LogP contribution in [-0.4, -0.2) is 39.5 Å². The number of carbonyl (C=O) groups is 1. The van der Waals surface area contributed by atoms with Crippen LogP contribution in [-0.2, 0) is 0 Å². The third-order valence-corrected chi connectivity index (χ3v) is 2.77. The van der Waals surface area contributed by atoms with Crippen molar-refractivity contribution in [2.75, 3.05) is 6.54 Å². The van der Waals surface area contributed by atoms with Gasteiger partial charge in [-0.2, -0.15) is 0 Å². The molecule has 0 aromatic heterocycles. The molecule has 0 spiro atoms. The Hall–Kier alpha value is -1.95. The summed E-state index contributed by atoms with van der Waals surface area (Å²) in [5, 5.41) is 21.5. The first-order valence-electron chi connectivity index (χ1n) is 5.62. The third kappa shape index (κ3) is 3.75. The summed E-state index contributed by atoms with van der Waals surface area (Å²) in [7, 11) is 0. The van der Waals surface area contributed by atoms with E-state index in [1.54, 1.807) is 13.8 Å². The molecule has 1 aromatic carbocycles. The number of carbonyl (C=O) groups excluding carboxylic acids is 1. The standard InChI is InChI=1S/C12H16ClN3O3/c1-7(2)16(6-11(14)15-19)12(18)9-5-8(13)3-4-10(9)17/h3-5,7,17,19H,6H2,1-2H3,(H2,14,15). The van der Waals surface area contributed by atoms with Gasteiger partial charge in [-0.15, -0.1) is 0 Å². The molecule has 0 aliphatic rings. The molecule has 7 heteroatoms. The van der Waals surface area contributed by atoms with E-state index in [0.717, 1.165) is 0 Å². The molecule has 0 saturated carbocycles. The molecule has 0 unspecified atom stereocenters. The van der Waals surface area contributed by atoms with E-state index in [0.29, 0.717) is 5.02 Å². The quantitative estimate of drug-likeness (QED) is 0.339. The smallest absolute Gasteiger partial charge is 0.258 e. The van der Waals surface area contributed by atoms with Gasteiger partial charge in [0, 0.05) is 11.1 Å². The maximum absolute atomic E-state index is 12.3. The van der Waals surface area contributed by atoms with Crippen molar-refractivity contribution in [3.05, 3.63) is 28.8 Å². The first-order valence-corrected chi connectivity index (χ1v) is 6.00. The second-order valence-electron chi connectivity index (χ2n) is 4.28. The average molecular weight is 286 g/mol. The van der Waals surface area contributed by atoms with Gasteiger partial charge < -0.3 is 20.9 Å². The first-order chi connectivity index (χ1) is 8.86. The maximum Gasteiger partial charge on any atom is 0.258 e. The highest BCUT2D eigenvalue weighted by Gasteiger charge is 2.22. The second kappa shape index (κ2) is 6.29. The zero-order valence-electron chi connectivity index (χ0n) is 10.7. The zero-order chi connectivity index (χ0) is 14.6. The van der Waals surface area contributed by atoms with Crippen LogP contribution in [0.4, 0.5) is 0 Å². The minimum absolute atomic E-state index is 0.0427. The van der Waals surface area contributed by atoms with Gasteiger partial charge >= 0.3 is 0 Å². The molecule has 104 valence electrons. The average Bonchev–Trinajstić information content (AvgIpc) is 2.37. The Morgan fingerprint density at radius 1 is 1.53 bits per heavy atom. The molecular weight excluding hydrogens is 270 g/mol. The van der Waals surface area contributed by atoms with E-state index in [2.05, 4.69) is 5.16 Å². The van der Waals surface area contributed by atoms with E-state index in [-0.39, 0.29) is 29.7 Å². The van der Waals surface area contributed by atoms with E-state index >= 15 is 0 Å². The molecule has 0 saturated heterocycles. The highest BCUT2D eigenvalue weighted by molar-refractivity contribution is 6.31. The Labute approximate surface area is 116 Å². The number of nitrogens with zero attached hydrogens (tertiary/aromatic N) is 2. The van der Waals surface area contributed by atoms with Crippen molar-refractivity contribution in [3.63, 3.8) is 0 Å². The van der Waals surface area contributed by atoms with E-state index in [1.165, 1.54) is 23.1 Å². The number of rotatable bonds is 4. The molecule has 0 aliphatic heterocycles. The van der Waals surface area contributed by atoms with Gasteiger partial charge in [-0.3, -0.25) is 4.79 Å². The van der Waals surface area contributed by atoms with Crippen LogP contribution in [0.1, 0.15) is 24.2 Å². The Bertz CT molecular complexity index is 503. The molecule has 0 heterocycles. The molecule has 0 bridgehead atoms. The lowest BCUT2D eigenvalue weighted by Crippen LogP contribution is -2.42. The Morgan fingerprint density at radius 3 is 2.68 bits per heavy atom. The lowest BCUT2D eigenvalue weighted by Gasteiger charge is -2.26. The van der Waals surface area contributed by atoms with Crippen molar-refractivity contribution in [2.24, 2.45) is 10.9 Å². The van der Waals surface area contributed by atoms with Crippen LogP contribution in [0.3, 0.4) is 0 Å². The monoisotopic (exact) mass is 285 g/mol. The van der Waals surface area contributed by atoms with Crippen LogP contribution < -0.4 is 5.73 Å². The number of benzene rings is 1. The largest absolute Gasteiger partial charge is 0.507 e. The number of halogens is 1. The van der Waals surface area contributed by atoms with Crippen LogP contribution in [0.2, 0.25) is 5.02 Å². The van der Waals surface area contributed by atoms with Crippen LogP contribution >= 0.6 is 11.6 Å². The highest BCUT2D eigenvalue weighted by Crippen LogP contribution is 2.23. The van der Waals surface area contributed by atoms with Gasteiger partial charge in [0.1, 0.15) is 5.75 Å². The molecule has 1 amide bonds. The topological polar surface area (TPSA) is 99.1 Å². The summed E-state index contributed by atoms with van der Waals surface area (Å²) in [6.45, 7) is 3.52. The van der Waals surface area contributed by atoms with E-state index in [1.807, 2.05) is 0 Å². The van der Waals surface area contributed by atoms with Crippen molar-refractivity contribution in [3.8, 4) is 5.75 Å².